The Balaban J connectivity index is 1.40. The van der Waals surface area contributed by atoms with Gasteiger partial charge in [0.05, 0.1) is 43.2 Å². The Kier molecular flexibility index (Phi) is 12.3. The van der Waals surface area contributed by atoms with E-state index in [9.17, 15) is 14.7 Å². The number of aryl methyl sites for hydroxylation is 1. The van der Waals surface area contributed by atoms with Crippen molar-refractivity contribution in [3.05, 3.63) is 93.1 Å². The third kappa shape index (κ3) is 9.30. The monoisotopic (exact) mass is 666 g/mol. The van der Waals surface area contributed by atoms with Crippen LogP contribution < -0.4 is 35.0 Å². The number of carbonyl (C=O) groups is 2. The first-order chi connectivity index (χ1) is 22.6. The molecular formula is C34H39ClN4O8. The second-order valence-electron chi connectivity index (χ2n) is 10.5. The lowest BCUT2D eigenvalue weighted by Crippen LogP contribution is -2.45. The van der Waals surface area contributed by atoms with Gasteiger partial charge in [-0.3, -0.25) is 5.43 Å². The van der Waals surface area contributed by atoms with Crippen molar-refractivity contribution in [1.82, 2.24) is 16.1 Å². The van der Waals surface area contributed by atoms with E-state index in [1.165, 1.54) is 13.3 Å². The fraction of sp³-hybridized carbons (Fsp3) is 0.324. The number of esters is 1. The molecular weight excluding hydrogens is 628 g/mol. The van der Waals surface area contributed by atoms with Crippen LogP contribution in [0.5, 0.6) is 23.0 Å². The van der Waals surface area contributed by atoms with Crippen molar-refractivity contribution in [3.63, 3.8) is 0 Å². The summed E-state index contributed by atoms with van der Waals surface area (Å²) < 4.78 is 28.3. The Bertz CT molecular complexity index is 1640. The quantitative estimate of drug-likeness (QED) is 0.0748. The van der Waals surface area contributed by atoms with Crippen molar-refractivity contribution in [1.29, 1.82) is 0 Å². The zero-order chi connectivity index (χ0) is 33.9. The van der Waals surface area contributed by atoms with Crippen molar-refractivity contribution < 1.29 is 38.4 Å². The van der Waals surface area contributed by atoms with Gasteiger partial charge < -0.3 is 39.4 Å². The highest BCUT2D eigenvalue weighted by molar-refractivity contribution is 6.32. The number of ether oxygens (including phenoxy) is 5. The highest BCUT2D eigenvalue weighted by Gasteiger charge is 2.32. The third-order valence-electron chi connectivity index (χ3n) is 6.91. The highest BCUT2D eigenvalue weighted by atomic mass is 35.5. The summed E-state index contributed by atoms with van der Waals surface area (Å²) in [7, 11) is 1.27. The van der Waals surface area contributed by atoms with E-state index in [2.05, 4.69) is 21.2 Å². The van der Waals surface area contributed by atoms with E-state index in [0.29, 0.717) is 64.7 Å². The summed E-state index contributed by atoms with van der Waals surface area (Å²) in [6, 6.07) is 15.2. The fourth-order valence-corrected chi connectivity index (χ4v) is 5.12. The molecule has 1 aliphatic heterocycles. The molecule has 13 heteroatoms. The molecule has 47 heavy (non-hydrogen) atoms. The number of carbonyl (C=O) groups excluding carboxylic acids is 2. The zero-order valence-electron chi connectivity index (χ0n) is 26.9. The van der Waals surface area contributed by atoms with Crippen LogP contribution in [0.2, 0.25) is 5.02 Å². The zero-order valence-corrected chi connectivity index (χ0v) is 27.6. The number of nitrogens with one attached hydrogen (secondary N) is 3. The van der Waals surface area contributed by atoms with Gasteiger partial charge in [0.2, 0.25) is 0 Å². The molecule has 0 aliphatic carbocycles. The molecule has 0 saturated carbocycles. The van der Waals surface area contributed by atoms with Crippen LogP contribution in [-0.2, 0) is 16.1 Å². The molecule has 12 nitrogen and oxygen atoms in total. The van der Waals surface area contributed by atoms with Gasteiger partial charge in [0.1, 0.15) is 13.2 Å². The maximum absolute atomic E-state index is 12.5. The van der Waals surface area contributed by atoms with E-state index in [-0.39, 0.29) is 12.2 Å². The lowest BCUT2D eigenvalue weighted by molar-refractivity contribution is -0.136. The van der Waals surface area contributed by atoms with E-state index in [1.807, 2.05) is 45.0 Å². The molecule has 1 aliphatic rings. The van der Waals surface area contributed by atoms with Crippen LogP contribution in [0.25, 0.3) is 0 Å². The molecule has 4 rings (SSSR count). The first kappa shape index (κ1) is 34.9. The number of allylic oxidation sites excluding steroid dienone is 1. The standard InChI is InChI=1S/C34H39ClN4O8/c1-6-44-27-16-24(31-30(33(41)43-5)21(4)37-34(42)38-31)11-12-26(27)46-19-29(40)39-36-17-23-14-25(35)32(28(15-23)45-7-2)47-18-22-10-8-9-20(3)13-22/h8-17,29,31,39-40H,6-7,18-19H2,1-5H3,(H2,37,38,42)/b36-17-/t29-,31-/m1/s1. The topological polar surface area (TPSA) is 149 Å². The predicted octanol–water partition coefficient (Wildman–Crippen LogP) is 5.15. The summed E-state index contributed by atoms with van der Waals surface area (Å²) in [5.74, 6) is 1.03. The summed E-state index contributed by atoms with van der Waals surface area (Å²) >= 11 is 6.56. The maximum atomic E-state index is 12.5. The van der Waals surface area contributed by atoms with Gasteiger partial charge in [-0.15, -0.1) is 0 Å². The normalized spacial score (nSPS) is 15.0. The van der Waals surface area contributed by atoms with Crippen LogP contribution in [0.1, 0.15) is 49.1 Å². The number of hydrazone groups is 1. The van der Waals surface area contributed by atoms with E-state index < -0.39 is 24.3 Å². The Morgan fingerprint density at radius 3 is 2.51 bits per heavy atom. The number of aliphatic hydroxyl groups excluding tert-OH is 1. The van der Waals surface area contributed by atoms with Gasteiger partial charge in [-0.2, -0.15) is 5.10 Å². The molecule has 1 heterocycles. The number of hydrogen-bond donors (Lipinski definition) is 4. The summed E-state index contributed by atoms with van der Waals surface area (Å²) in [6.07, 6.45) is 0.309. The molecule has 0 unspecified atom stereocenters. The maximum Gasteiger partial charge on any atom is 0.337 e. The van der Waals surface area contributed by atoms with Gasteiger partial charge in [-0.25, -0.2) is 9.59 Å². The molecule has 250 valence electrons. The van der Waals surface area contributed by atoms with E-state index in [4.69, 9.17) is 35.3 Å². The van der Waals surface area contributed by atoms with Crippen LogP contribution >= 0.6 is 11.6 Å². The molecule has 2 amide bonds. The van der Waals surface area contributed by atoms with Crippen LogP contribution in [0, 0.1) is 6.92 Å². The summed E-state index contributed by atoms with van der Waals surface area (Å²) in [6.45, 7) is 8.20. The van der Waals surface area contributed by atoms with Crippen LogP contribution in [0.15, 0.2) is 71.0 Å². The number of benzene rings is 3. The lowest BCUT2D eigenvalue weighted by atomic mass is 9.95. The van der Waals surface area contributed by atoms with E-state index >= 15 is 0 Å². The first-order valence-electron chi connectivity index (χ1n) is 15.0. The molecule has 4 N–H and O–H groups in total. The van der Waals surface area contributed by atoms with Gasteiger partial charge in [0.15, 0.2) is 29.2 Å². The highest BCUT2D eigenvalue weighted by Crippen LogP contribution is 2.37. The average Bonchev–Trinajstić information content (AvgIpc) is 3.03. The largest absolute Gasteiger partial charge is 0.490 e. The summed E-state index contributed by atoms with van der Waals surface area (Å²) in [5.41, 5.74) is 6.61. The number of amides is 2. The number of nitrogens with zero attached hydrogens (tertiary/aromatic N) is 1. The number of methoxy groups -OCH3 is 1. The SMILES string of the molecule is CCOc1cc([C@H]2NC(=O)NC(C)=C2C(=O)OC)ccc1OC[C@@H](O)N/N=C\c1cc(Cl)c(OCc2cccc(C)c2)c(OCC)c1. The van der Waals surface area contributed by atoms with Gasteiger partial charge >= 0.3 is 12.0 Å². The average molecular weight is 667 g/mol. The van der Waals surface area contributed by atoms with Gasteiger partial charge in [-0.05, 0) is 68.7 Å². The smallest absolute Gasteiger partial charge is 0.337 e. The Morgan fingerprint density at radius 2 is 1.79 bits per heavy atom. The van der Waals surface area contributed by atoms with Crippen molar-refractivity contribution in [3.8, 4) is 23.0 Å². The molecule has 0 aromatic heterocycles. The molecule has 0 bridgehead atoms. The molecule has 0 fully saturated rings. The number of aliphatic hydroxyl groups is 1. The predicted molar refractivity (Wildman–Crippen MR) is 177 cm³/mol. The van der Waals surface area contributed by atoms with Crippen LogP contribution in [-0.4, -0.2) is 56.5 Å². The number of hydrogen-bond acceptors (Lipinski definition) is 10. The third-order valence-corrected chi connectivity index (χ3v) is 7.19. The molecule has 3 aromatic rings. The van der Waals surface area contributed by atoms with Crippen LogP contribution in [0.3, 0.4) is 0 Å². The Hall–Kier alpha value is -4.94. The minimum absolute atomic E-state index is 0.177. The minimum atomic E-state index is -1.18. The summed E-state index contributed by atoms with van der Waals surface area (Å²) in [5, 5.41) is 20.3. The van der Waals surface area contributed by atoms with Crippen molar-refractivity contribution in [2.75, 3.05) is 26.9 Å². The van der Waals surface area contributed by atoms with Gasteiger partial charge in [0, 0.05) is 5.70 Å². The van der Waals surface area contributed by atoms with Crippen molar-refractivity contribution in [2.24, 2.45) is 5.10 Å². The molecule has 0 radical (unpaired) electrons. The number of rotatable bonds is 15. The summed E-state index contributed by atoms with van der Waals surface area (Å²) in [4.78, 5) is 24.6. The second-order valence-corrected chi connectivity index (χ2v) is 10.9. The van der Waals surface area contributed by atoms with Gasteiger partial charge in [0.25, 0.3) is 0 Å². The molecule has 3 aromatic carbocycles. The number of halogens is 1. The Morgan fingerprint density at radius 1 is 1.02 bits per heavy atom. The minimum Gasteiger partial charge on any atom is -0.490 e. The van der Waals surface area contributed by atoms with Gasteiger partial charge in [-0.1, -0.05) is 47.5 Å². The lowest BCUT2D eigenvalue weighted by Gasteiger charge is -2.28. The molecule has 2 atom stereocenters. The Labute approximate surface area is 278 Å². The molecule has 0 spiro atoms. The van der Waals surface area contributed by atoms with E-state index in [1.54, 1.807) is 37.3 Å². The van der Waals surface area contributed by atoms with Crippen LogP contribution in [0.4, 0.5) is 4.79 Å². The van der Waals surface area contributed by atoms with Crippen molar-refractivity contribution >= 4 is 29.8 Å². The van der Waals surface area contributed by atoms with E-state index in [0.717, 1.165) is 11.1 Å². The van der Waals surface area contributed by atoms with Crippen molar-refractivity contribution in [2.45, 2.75) is 46.6 Å². The second kappa shape index (κ2) is 16.6. The molecule has 0 saturated heterocycles. The number of urea groups is 1. The fourth-order valence-electron chi connectivity index (χ4n) is 4.84. The first-order valence-corrected chi connectivity index (χ1v) is 15.4.